The molecule has 27 heavy (non-hydrogen) atoms. The summed E-state index contributed by atoms with van der Waals surface area (Å²) in [7, 11) is 0. The predicted molar refractivity (Wildman–Crippen MR) is 103 cm³/mol. The minimum Gasteiger partial charge on any atom is -0.350 e. The predicted octanol–water partition coefficient (Wildman–Crippen LogP) is 1.75. The summed E-state index contributed by atoms with van der Waals surface area (Å²) in [5.41, 5.74) is 1.03. The maximum atomic E-state index is 13.5. The zero-order valence-corrected chi connectivity index (χ0v) is 16.5. The van der Waals surface area contributed by atoms with Gasteiger partial charge in [0.05, 0.1) is 13.1 Å². The van der Waals surface area contributed by atoms with Crippen molar-refractivity contribution < 1.29 is 14.0 Å². The van der Waals surface area contributed by atoms with E-state index in [4.69, 9.17) is 0 Å². The summed E-state index contributed by atoms with van der Waals surface area (Å²) >= 11 is 0. The topological polar surface area (TPSA) is 64.7 Å². The summed E-state index contributed by atoms with van der Waals surface area (Å²) in [6.45, 7) is 9.99. The molecule has 2 atom stereocenters. The summed E-state index contributed by atoms with van der Waals surface area (Å²) in [6, 6.07) is 5.12. The average Bonchev–Trinajstić information content (AvgIpc) is 3.03. The first-order valence-corrected chi connectivity index (χ1v) is 9.45. The molecule has 0 saturated carbocycles. The Morgan fingerprint density at radius 1 is 1.07 bits per heavy atom. The third-order valence-electron chi connectivity index (χ3n) is 5.00. The van der Waals surface area contributed by atoms with E-state index < -0.39 is 0 Å². The number of nitrogens with zero attached hydrogens (tertiary/aromatic N) is 2. The molecule has 2 amide bonds. The van der Waals surface area contributed by atoms with Crippen LogP contribution in [0.3, 0.4) is 0 Å². The standard InChI is InChI=1S/C20H29FN4O2/c1-13-5-14(21)7-15(6-13)22-18(26)11-24-9-17-8-16(24)10-25(17)12-19(27)23-20(2,3)4/h5-7,16-17H,8-12H2,1-4H3,(H,22,26)(H,23,27). The highest BCUT2D eigenvalue weighted by Gasteiger charge is 2.44. The molecular weight excluding hydrogens is 347 g/mol. The van der Waals surface area contributed by atoms with Crippen LogP contribution in [0.5, 0.6) is 0 Å². The Kier molecular flexibility index (Phi) is 5.53. The number of benzene rings is 1. The first-order chi connectivity index (χ1) is 12.6. The lowest BCUT2D eigenvalue weighted by Crippen LogP contribution is -2.52. The number of anilines is 1. The number of carbonyl (C=O) groups is 2. The molecule has 0 radical (unpaired) electrons. The summed E-state index contributed by atoms with van der Waals surface area (Å²) in [4.78, 5) is 28.8. The van der Waals surface area contributed by atoms with E-state index in [1.807, 2.05) is 20.8 Å². The monoisotopic (exact) mass is 376 g/mol. The van der Waals surface area contributed by atoms with Gasteiger partial charge in [0.1, 0.15) is 5.82 Å². The summed E-state index contributed by atoms with van der Waals surface area (Å²) < 4.78 is 13.5. The zero-order chi connectivity index (χ0) is 19.8. The van der Waals surface area contributed by atoms with Gasteiger partial charge in [-0.2, -0.15) is 0 Å². The van der Waals surface area contributed by atoms with Crippen LogP contribution >= 0.6 is 0 Å². The largest absolute Gasteiger partial charge is 0.350 e. The van der Waals surface area contributed by atoms with Crippen molar-refractivity contribution in [2.24, 2.45) is 0 Å². The highest BCUT2D eigenvalue weighted by Crippen LogP contribution is 2.30. The van der Waals surface area contributed by atoms with E-state index in [1.54, 1.807) is 13.0 Å². The fourth-order valence-electron chi connectivity index (χ4n) is 4.05. The molecular formula is C20H29FN4O2. The Morgan fingerprint density at radius 2 is 1.67 bits per heavy atom. The number of carbonyl (C=O) groups excluding carboxylic acids is 2. The molecule has 0 aliphatic carbocycles. The molecule has 6 nitrogen and oxygen atoms in total. The number of rotatable bonds is 5. The third kappa shape index (κ3) is 5.26. The number of hydrogen-bond donors (Lipinski definition) is 2. The van der Waals surface area contributed by atoms with Gasteiger partial charge in [0.15, 0.2) is 0 Å². The second kappa shape index (κ2) is 7.56. The van der Waals surface area contributed by atoms with Crippen molar-refractivity contribution in [1.82, 2.24) is 15.1 Å². The Hall–Kier alpha value is -1.99. The van der Waals surface area contributed by atoms with Crippen LogP contribution in [0.4, 0.5) is 10.1 Å². The number of aryl methyl sites for hydroxylation is 1. The van der Waals surface area contributed by atoms with Crippen LogP contribution in [0.1, 0.15) is 32.8 Å². The summed E-state index contributed by atoms with van der Waals surface area (Å²) in [6.07, 6.45) is 0.981. The van der Waals surface area contributed by atoms with Crippen LogP contribution in [0, 0.1) is 12.7 Å². The minimum atomic E-state index is -0.352. The van der Waals surface area contributed by atoms with Gasteiger partial charge in [-0.3, -0.25) is 19.4 Å². The number of likely N-dealkylation sites (tertiary alicyclic amines) is 2. The van der Waals surface area contributed by atoms with Crippen molar-refractivity contribution in [3.63, 3.8) is 0 Å². The van der Waals surface area contributed by atoms with Crippen molar-refractivity contribution in [1.29, 1.82) is 0 Å². The SMILES string of the molecule is Cc1cc(F)cc(NC(=O)CN2CC3CC2CN3CC(=O)NC(C)(C)C)c1. The first kappa shape index (κ1) is 19.8. The van der Waals surface area contributed by atoms with Crippen LogP contribution in [-0.4, -0.2) is 65.4 Å². The Morgan fingerprint density at radius 3 is 2.19 bits per heavy atom. The van der Waals surface area contributed by atoms with E-state index in [-0.39, 0.29) is 29.2 Å². The van der Waals surface area contributed by atoms with Crippen LogP contribution < -0.4 is 10.6 Å². The zero-order valence-electron chi connectivity index (χ0n) is 16.5. The molecule has 0 spiro atoms. The second-order valence-electron chi connectivity index (χ2n) is 8.77. The van der Waals surface area contributed by atoms with E-state index in [2.05, 4.69) is 20.4 Å². The Labute approximate surface area is 160 Å². The molecule has 1 aromatic carbocycles. The minimum absolute atomic E-state index is 0.0424. The molecule has 2 unspecified atom stereocenters. The molecule has 0 aromatic heterocycles. The maximum absolute atomic E-state index is 13.5. The molecule has 2 heterocycles. The molecule has 3 rings (SSSR count). The third-order valence-corrected chi connectivity index (χ3v) is 5.00. The van der Waals surface area contributed by atoms with E-state index in [0.717, 1.165) is 25.1 Å². The lowest BCUT2D eigenvalue weighted by molar-refractivity contribution is -0.124. The lowest BCUT2D eigenvalue weighted by Gasteiger charge is -2.34. The maximum Gasteiger partial charge on any atom is 0.238 e. The van der Waals surface area contributed by atoms with Gasteiger partial charge in [-0.25, -0.2) is 4.39 Å². The molecule has 2 saturated heterocycles. The number of amides is 2. The highest BCUT2D eigenvalue weighted by molar-refractivity contribution is 5.92. The van der Waals surface area contributed by atoms with Crippen molar-refractivity contribution in [2.75, 3.05) is 31.5 Å². The van der Waals surface area contributed by atoms with Crippen molar-refractivity contribution in [2.45, 2.75) is 51.7 Å². The quantitative estimate of drug-likeness (QED) is 0.822. The highest BCUT2D eigenvalue weighted by atomic mass is 19.1. The molecule has 2 aliphatic rings. The smallest absolute Gasteiger partial charge is 0.238 e. The van der Waals surface area contributed by atoms with Gasteiger partial charge in [0, 0.05) is 36.4 Å². The normalized spacial score (nSPS) is 22.9. The van der Waals surface area contributed by atoms with Crippen molar-refractivity contribution in [3.8, 4) is 0 Å². The van der Waals surface area contributed by atoms with E-state index in [1.165, 1.54) is 12.1 Å². The van der Waals surface area contributed by atoms with Gasteiger partial charge in [0.25, 0.3) is 0 Å². The van der Waals surface area contributed by atoms with Crippen LogP contribution in [0.2, 0.25) is 0 Å². The first-order valence-electron chi connectivity index (χ1n) is 9.45. The summed E-state index contributed by atoms with van der Waals surface area (Å²) in [5.74, 6) is -0.444. The average molecular weight is 376 g/mol. The number of halogens is 1. The molecule has 7 heteroatoms. The van der Waals surface area contributed by atoms with Gasteiger partial charge in [0.2, 0.25) is 11.8 Å². The van der Waals surface area contributed by atoms with Crippen molar-refractivity contribution in [3.05, 3.63) is 29.6 Å². The number of hydrogen-bond acceptors (Lipinski definition) is 4. The van der Waals surface area contributed by atoms with Gasteiger partial charge >= 0.3 is 0 Å². The lowest BCUT2D eigenvalue weighted by atomic mass is 10.1. The molecule has 2 bridgehead atoms. The number of nitrogens with one attached hydrogen (secondary N) is 2. The molecule has 2 aliphatic heterocycles. The fourth-order valence-corrected chi connectivity index (χ4v) is 4.05. The van der Waals surface area contributed by atoms with Gasteiger partial charge in [-0.05, 0) is 57.9 Å². The second-order valence-corrected chi connectivity index (χ2v) is 8.77. The fraction of sp³-hybridized carbons (Fsp3) is 0.600. The van der Waals surface area contributed by atoms with Gasteiger partial charge < -0.3 is 10.6 Å². The van der Waals surface area contributed by atoms with E-state index in [0.29, 0.717) is 24.8 Å². The van der Waals surface area contributed by atoms with Crippen LogP contribution in [-0.2, 0) is 9.59 Å². The number of piperazine rings is 1. The molecule has 148 valence electrons. The van der Waals surface area contributed by atoms with Gasteiger partial charge in [-0.1, -0.05) is 0 Å². The number of fused-ring (bicyclic) bond motifs is 2. The Bertz CT molecular complexity index is 711. The van der Waals surface area contributed by atoms with Crippen LogP contribution in [0.25, 0.3) is 0 Å². The molecule has 1 aromatic rings. The Balaban J connectivity index is 1.48. The molecule has 2 N–H and O–H groups in total. The van der Waals surface area contributed by atoms with E-state index >= 15 is 0 Å². The van der Waals surface area contributed by atoms with Crippen LogP contribution in [0.15, 0.2) is 18.2 Å². The summed E-state index contributed by atoms with van der Waals surface area (Å²) in [5, 5.41) is 5.78. The molecule has 2 fully saturated rings. The van der Waals surface area contributed by atoms with Gasteiger partial charge in [-0.15, -0.1) is 0 Å². The van der Waals surface area contributed by atoms with Crippen molar-refractivity contribution >= 4 is 17.5 Å². The van der Waals surface area contributed by atoms with E-state index in [9.17, 15) is 14.0 Å².